The van der Waals surface area contributed by atoms with E-state index in [1.165, 1.54) is 0 Å². The third-order valence-corrected chi connectivity index (χ3v) is 3.37. The number of methoxy groups -OCH3 is 1. The highest BCUT2D eigenvalue weighted by molar-refractivity contribution is 5.77. The van der Waals surface area contributed by atoms with E-state index < -0.39 is 0 Å². The molecule has 2 aromatic rings. The summed E-state index contributed by atoms with van der Waals surface area (Å²) < 4.78 is 21.5. The Bertz CT molecular complexity index is 777. The van der Waals surface area contributed by atoms with Gasteiger partial charge in [-0.25, -0.2) is 0 Å². The van der Waals surface area contributed by atoms with E-state index in [0.29, 0.717) is 23.9 Å². The molecule has 0 aliphatic heterocycles. The molecule has 142 valence electrons. The lowest BCUT2D eigenvalue weighted by molar-refractivity contribution is -0.122. The third kappa shape index (κ3) is 7.20. The second-order valence-electron chi connectivity index (χ2n) is 5.26. The highest BCUT2D eigenvalue weighted by Gasteiger charge is 2.02. The summed E-state index contributed by atoms with van der Waals surface area (Å²) in [5.74, 6) is 8.06. The first-order valence-electron chi connectivity index (χ1n) is 8.56. The van der Waals surface area contributed by atoms with Gasteiger partial charge in [0, 0.05) is 0 Å². The van der Waals surface area contributed by atoms with Crippen LogP contribution in [0, 0.1) is 11.8 Å². The Kier molecular flexibility index (Phi) is 8.38. The summed E-state index contributed by atoms with van der Waals surface area (Å²) >= 11 is 0. The Balaban J connectivity index is 1.64. The van der Waals surface area contributed by atoms with Crippen molar-refractivity contribution in [3.8, 4) is 34.8 Å². The van der Waals surface area contributed by atoms with E-state index in [9.17, 15) is 4.79 Å². The Labute approximate surface area is 159 Å². The van der Waals surface area contributed by atoms with Crippen LogP contribution in [-0.2, 0) is 4.79 Å². The van der Waals surface area contributed by atoms with Gasteiger partial charge in [-0.05, 0) is 43.3 Å². The minimum absolute atomic E-state index is 0.0760. The molecule has 0 spiro atoms. The molecule has 2 aromatic carbocycles. The maximum atomic E-state index is 11.7. The van der Waals surface area contributed by atoms with Crippen molar-refractivity contribution in [3.63, 3.8) is 0 Å². The van der Waals surface area contributed by atoms with Gasteiger partial charge in [-0.2, -0.15) is 0 Å². The zero-order valence-corrected chi connectivity index (χ0v) is 15.5. The molecule has 0 aliphatic rings. The Morgan fingerprint density at radius 3 is 2.26 bits per heavy atom. The van der Waals surface area contributed by atoms with Crippen LogP contribution in [-0.4, -0.2) is 39.4 Å². The molecule has 0 aromatic heterocycles. The van der Waals surface area contributed by atoms with Crippen LogP contribution in [0.15, 0.2) is 48.5 Å². The fraction of sp³-hybridized carbons (Fsp3) is 0.286. The summed E-state index contributed by atoms with van der Waals surface area (Å²) in [7, 11) is 1.58. The van der Waals surface area contributed by atoms with Gasteiger partial charge in [-0.15, -0.1) is 0 Å². The van der Waals surface area contributed by atoms with Gasteiger partial charge in [0.15, 0.2) is 18.1 Å². The molecule has 0 atom stereocenters. The lowest BCUT2D eigenvalue weighted by Crippen LogP contribution is -2.29. The van der Waals surface area contributed by atoms with Gasteiger partial charge in [0.25, 0.3) is 5.91 Å². The van der Waals surface area contributed by atoms with E-state index in [4.69, 9.17) is 18.9 Å². The topological polar surface area (TPSA) is 66.0 Å². The molecule has 0 unspecified atom stereocenters. The van der Waals surface area contributed by atoms with Crippen molar-refractivity contribution in [2.24, 2.45) is 0 Å². The highest BCUT2D eigenvalue weighted by Crippen LogP contribution is 2.25. The molecule has 6 nitrogen and oxygen atoms in total. The van der Waals surface area contributed by atoms with Crippen LogP contribution in [0.1, 0.15) is 6.92 Å². The van der Waals surface area contributed by atoms with Gasteiger partial charge in [0.05, 0.1) is 20.3 Å². The predicted octanol–water partition coefficient (Wildman–Crippen LogP) is 2.67. The number of rotatable bonds is 9. The number of hydrogen-bond acceptors (Lipinski definition) is 5. The molecule has 0 saturated heterocycles. The number of carbonyl (C=O) groups excluding carboxylic acids is 1. The van der Waals surface area contributed by atoms with Crippen LogP contribution < -0.4 is 24.3 Å². The summed E-state index contributed by atoms with van der Waals surface area (Å²) in [5.41, 5.74) is 0. The highest BCUT2D eigenvalue weighted by atomic mass is 16.5. The normalized spacial score (nSPS) is 9.56. The average Bonchev–Trinajstić information content (AvgIpc) is 2.70. The van der Waals surface area contributed by atoms with Gasteiger partial charge in [0.2, 0.25) is 0 Å². The molecule has 0 saturated carbocycles. The fourth-order valence-electron chi connectivity index (χ4n) is 2.11. The number of benzene rings is 2. The van der Waals surface area contributed by atoms with E-state index in [-0.39, 0.29) is 25.7 Å². The maximum Gasteiger partial charge on any atom is 0.258 e. The molecule has 0 heterocycles. The average molecular weight is 369 g/mol. The van der Waals surface area contributed by atoms with Crippen molar-refractivity contribution in [3.05, 3.63) is 48.5 Å². The molecule has 0 aliphatic carbocycles. The van der Waals surface area contributed by atoms with Gasteiger partial charge in [0.1, 0.15) is 18.1 Å². The first kappa shape index (κ1) is 20.0. The molecule has 6 heteroatoms. The molecule has 0 fully saturated rings. The molecule has 1 amide bonds. The van der Waals surface area contributed by atoms with Gasteiger partial charge >= 0.3 is 0 Å². The van der Waals surface area contributed by atoms with E-state index in [2.05, 4.69) is 17.2 Å². The minimum atomic E-state index is -0.246. The number of carbonyl (C=O) groups is 1. The van der Waals surface area contributed by atoms with Crippen molar-refractivity contribution in [2.45, 2.75) is 6.92 Å². The second-order valence-corrected chi connectivity index (χ2v) is 5.26. The van der Waals surface area contributed by atoms with Crippen molar-refractivity contribution in [1.29, 1.82) is 0 Å². The smallest absolute Gasteiger partial charge is 0.258 e. The van der Waals surface area contributed by atoms with Crippen LogP contribution >= 0.6 is 0 Å². The van der Waals surface area contributed by atoms with E-state index in [1.54, 1.807) is 37.4 Å². The van der Waals surface area contributed by atoms with Crippen molar-refractivity contribution in [1.82, 2.24) is 5.32 Å². The number of hydrogen-bond donors (Lipinski definition) is 1. The van der Waals surface area contributed by atoms with Gasteiger partial charge in [-0.1, -0.05) is 24.0 Å². The molecular formula is C21H23NO5. The first-order valence-corrected chi connectivity index (χ1v) is 8.56. The maximum absolute atomic E-state index is 11.7. The van der Waals surface area contributed by atoms with Crippen molar-refractivity contribution >= 4 is 5.91 Å². The number of amides is 1. The molecule has 0 radical (unpaired) electrons. The number of nitrogens with one attached hydrogen (secondary N) is 1. The summed E-state index contributed by atoms with van der Waals surface area (Å²) in [5, 5.41) is 2.66. The van der Waals surface area contributed by atoms with Crippen LogP contribution in [0.3, 0.4) is 0 Å². The van der Waals surface area contributed by atoms with Crippen molar-refractivity contribution < 1.29 is 23.7 Å². The van der Waals surface area contributed by atoms with Crippen LogP contribution in [0.5, 0.6) is 23.0 Å². The summed E-state index contributed by atoms with van der Waals surface area (Å²) in [6, 6.07) is 14.4. The minimum Gasteiger partial charge on any atom is -0.494 e. The lowest BCUT2D eigenvalue weighted by atomic mass is 10.3. The Morgan fingerprint density at radius 2 is 1.59 bits per heavy atom. The Morgan fingerprint density at radius 1 is 0.926 bits per heavy atom. The van der Waals surface area contributed by atoms with Crippen LogP contribution in [0.25, 0.3) is 0 Å². The first-order chi connectivity index (χ1) is 13.2. The quantitative estimate of drug-likeness (QED) is 0.689. The van der Waals surface area contributed by atoms with Crippen LogP contribution in [0.2, 0.25) is 0 Å². The SMILES string of the molecule is CCOc1ccc(OCC(=O)NCC#CCOc2ccccc2OC)cc1. The number of para-hydroxylation sites is 2. The standard InChI is InChI=1S/C21H23NO5/c1-3-25-17-10-12-18(13-11-17)27-16-21(23)22-14-6-7-15-26-20-9-5-4-8-19(20)24-2/h4-5,8-13H,3,14-16H2,1-2H3,(H,22,23). The molecule has 0 bridgehead atoms. The summed E-state index contributed by atoms with van der Waals surface area (Å²) in [6.07, 6.45) is 0. The molecular weight excluding hydrogens is 346 g/mol. The summed E-state index contributed by atoms with van der Waals surface area (Å²) in [6.45, 7) is 2.88. The van der Waals surface area contributed by atoms with Crippen LogP contribution in [0.4, 0.5) is 0 Å². The summed E-state index contributed by atoms with van der Waals surface area (Å²) in [4.78, 5) is 11.7. The Hall–Kier alpha value is -3.33. The van der Waals surface area contributed by atoms with Gasteiger partial charge < -0.3 is 24.3 Å². The third-order valence-electron chi connectivity index (χ3n) is 3.37. The molecule has 27 heavy (non-hydrogen) atoms. The van der Waals surface area contributed by atoms with Gasteiger partial charge in [-0.3, -0.25) is 4.79 Å². The lowest BCUT2D eigenvalue weighted by Gasteiger charge is -2.07. The van der Waals surface area contributed by atoms with E-state index >= 15 is 0 Å². The predicted molar refractivity (Wildman–Crippen MR) is 102 cm³/mol. The number of ether oxygens (including phenoxy) is 4. The van der Waals surface area contributed by atoms with Crippen molar-refractivity contribution in [2.75, 3.05) is 33.5 Å². The fourth-order valence-corrected chi connectivity index (χ4v) is 2.11. The zero-order chi connectivity index (χ0) is 19.3. The molecule has 2 rings (SSSR count). The monoisotopic (exact) mass is 369 g/mol. The zero-order valence-electron chi connectivity index (χ0n) is 15.5. The second kappa shape index (κ2) is 11.3. The molecule has 1 N–H and O–H groups in total. The van der Waals surface area contributed by atoms with E-state index in [0.717, 1.165) is 5.75 Å². The van der Waals surface area contributed by atoms with E-state index in [1.807, 2.05) is 25.1 Å². The largest absolute Gasteiger partial charge is 0.494 e.